The first-order chi connectivity index (χ1) is 12.6. The SMILES string of the molecule is CC[n+]1c(/C=C/C=C/c2ccc(N(C)C)cc2)sc2cc(OC)ccc21. The van der Waals surface area contributed by atoms with E-state index in [4.69, 9.17) is 4.74 Å². The maximum atomic E-state index is 5.34. The van der Waals surface area contributed by atoms with E-state index in [2.05, 4.69) is 91.2 Å². The largest absolute Gasteiger partial charge is 0.497 e. The molecule has 3 aromatic rings. The van der Waals surface area contributed by atoms with Crippen molar-refractivity contribution in [2.24, 2.45) is 0 Å². The molecule has 134 valence electrons. The van der Waals surface area contributed by atoms with E-state index in [0.29, 0.717) is 0 Å². The summed E-state index contributed by atoms with van der Waals surface area (Å²) in [6.07, 6.45) is 8.50. The lowest BCUT2D eigenvalue weighted by molar-refractivity contribution is -0.665. The molecule has 1 aromatic heterocycles. The molecule has 0 bridgehead atoms. The maximum Gasteiger partial charge on any atom is 0.262 e. The van der Waals surface area contributed by atoms with Crippen LogP contribution in [0.15, 0.2) is 54.6 Å². The molecule has 0 atom stereocenters. The van der Waals surface area contributed by atoms with Crippen molar-refractivity contribution in [3.05, 3.63) is 65.2 Å². The molecule has 0 aliphatic carbocycles. The van der Waals surface area contributed by atoms with Crippen molar-refractivity contribution >= 4 is 39.4 Å². The van der Waals surface area contributed by atoms with Crippen LogP contribution in [0.4, 0.5) is 5.69 Å². The fourth-order valence-electron chi connectivity index (χ4n) is 2.85. The molecular weight excluding hydrogens is 340 g/mol. The second kappa shape index (κ2) is 8.19. The zero-order valence-corrected chi connectivity index (χ0v) is 16.6. The lowest BCUT2D eigenvalue weighted by atomic mass is 10.2. The van der Waals surface area contributed by atoms with Crippen molar-refractivity contribution in [2.45, 2.75) is 13.5 Å². The average molecular weight is 366 g/mol. The lowest BCUT2D eigenvalue weighted by Gasteiger charge is -2.11. The molecule has 0 N–H and O–H groups in total. The Labute approximate surface area is 159 Å². The number of aromatic nitrogens is 1. The number of benzene rings is 2. The fourth-order valence-corrected chi connectivity index (χ4v) is 4.02. The van der Waals surface area contributed by atoms with Crippen LogP contribution < -0.4 is 14.2 Å². The van der Waals surface area contributed by atoms with Gasteiger partial charge in [0.2, 0.25) is 5.52 Å². The van der Waals surface area contributed by atoms with Gasteiger partial charge in [-0.3, -0.25) is 0 Å². The van der Waals surface area contributed by atoms with Crippen LogP contribution >= 0.6 is 11.3 Å². The molecule has 0 radical (unpaired) electrons. The first-order valence-corrected chi connectivity index (χ1v) is 9.56. The Kier molecular flexibility index (Phi) is 5.74. The van der Waals surface area contributed by atoms with Gasteiger partial charge in [0.15, 0.2) is 0 Å². The van der Waals surface area contributed by atoms with Crippen molar-refractivity contribution in [1.29, 1.82) is 0 Å². The van der Waals surface area contributed by atoms with Crippen molar-refractivity contribution in [2.75, 3.05) is 26.1 Å². The average Bonchev–Trinajstić information content (AvgIpc) is 3.01. The minimum Gasteiger partial charge on any atom is -0.497 e. The Bertz CT molecular complexity index is 937. The molecule has 0 unspecified atom stereocenters. The van der Waals surface area contributed by atoms with Crippen LogP contribution in [0.5, 0.6) is 5.75 Å². The topological polar surface area (TPSA) is 16.4 Å². The van der Waals surface area contributed by atoms with Gasteiger partial charge < -0.3 is 9.64 Å². The van der Waals surface area contributed by atoms with Crippen LogP contribution in [0.25, 0.3) is 22.4 Å². The highest BCUT2D eigenvalue weighted by molar-refractivity contribution is 7.18. The maximum absolute atomic E-state index is 5.34. The number of hydrogen-bond acceptors (Lipinski definition) is 3. The number of fused-ring (bicyclic) bond motifs is 1. The molecule has 0 spiro atoms. The van der Waals surface area contributed by atoms with Gasteiger partial charge in [-0.1, -0.05) is 41.7 Å². The summed E-state index contributed by atoms with van der Waals surface area (Å²) in [4.78, 5) is 2.10. The number of nitrogens with zero attached hydrogens (tertiary/aromatic N) is 2. The molecule has 0 saturated carbocycles. The summed E-state index contributed by atoms with van der Waals surface area (Å²) in [5.74, 6) is 0.901. The van der Waals surface area contributed by atoms with Crippen LogP contribution in [0.1, 0.15) is 17.5 Å². The predicted octanol–water partition coefficient (Wildman–Crippen LogP) is 5.01. The Balaban J connectivity index is 1.79. The van der Waals surface area contributed by atoms with Crippen LogP contribution in [0, 0.1) is 0 Å². The second-order valence-corrected chi connectivity index (χ2v) is 7.28. The van der Waals surface area contributed by atoms with Gasteiger partial charge in [-0.15, -0.1) is 0 Å². The first kappa shape index (κ1) is 18.2. The third-order valence-electron chi connectivity index (χ3n) is 4.30. The standard InChI is InChI=1S/C22H25N2OS/c1-5-24-20-15-14-19(25-4)16-21(20)26-22(24)9-7-6-8-17-10-12-18(13-11-17)23(2)3/h6-16H,5H2,1-4H3/q+1. The van der Waals surface area contributed by atoms with Gasteiger partial charge >= 0.3 is 0 Å². The molecule has 0 aliphatic rings. The molecule has 4 heteroatoms. The van der Waals surface area contributed by atoms with E-state index in [-0.39, 0.29) is 0 Å². The van der Waals surface area contributed by atoms with Crippen LogP contribution in [-0.4, -0.2) is 21.2 Å². The second-order valence-electron chi connectivity index (χ2n) is 6.22. The molecule has 1 heterocycles. The molecule has 0 amide bonds. The van der Waals surface area contributed by atoms with E-state index in [9.17, 15) is 0 Å². The molecule has 0 fully saturated rings. The van der Waals surface area contributed by atoms with E-state index in [1.165, 1.54) is 26.5 Å². The molecule has 0 saturated heterocycles. The predicted molar refractivity (Wildman–Crippen MR) is 113 cm³/mol. The normalized spacial score (nSPS) is 11.7. The summed E-state index contributed by atoms with van der Waals surface area (Å²) in [6, 6.07) is 14.8. The van der Waals surface area contributed by atoms with Gasteiger partial charge in [0.05, 0.1) is 7.11 Å². The summed E-state index contributed by atoms with van der Waals surface area (Å²) < 4.78 is 8.91. The number of thiazole rings is 1. The van der Waals surface area contributed by atoms with E-state index in [0.717, 1.165) is 12.3 Å². The smallest absolute Gasteiger partial charge is 0.262 e. The summed E-state index contributed by atoms with van der Waals surface area (Å²) in [5.41, 5.74) is 3.66. The number of methoxy groups -OCH3 is 1. The van der Waals surface area contributed by atoms with Crippen LogP contribution in [0.3, 0.4) is 0 Å². The van der Waals surface area contributed by atoms with E-state index >= 15 is 0 Å². The van der Waals surface area contributed by atoms with Gasteiger partial charge in [-0.25, -0.2) is 0 Å². The monoisotopic (exact) mass is 365 g/mol. The Morgan fingerprint density at radius 2 is 1.77 bits per heavy atom. The highest BCUT2D eigenvalue weighted by Crippen LogP contribution is 2.26. The Morgan fingerprint density at radius 1 is 1.04 bits per heavy atom. The van der Waals surface area contributed by atoms with Crippen molar-refractivity contribution < 1.29 is 9.30 Å². The minimum absolute atomic E-state index is 0.901. The highest BCUT2D eigenvalue weighted by Gasteiger charge is 2.17. The number of ether oxygens (including phenoxy) is 1. The molecule has 26 heavy (non-hydrogen) atoms. The summed E-state index contributed by atoms with van der Waals surface area (Å²) in [6.45, 7) is 3.12. The van der Waals surface area contributed by atoms with Crippen molar-refractivity contribution in [3.63, 3.8) is 0 Å². The first-order valence-electron chi connectivity index (χ1n) is 8.75. The van der Waals surface area contributed by atoms with Gasteiger partial charge in [0, 0.05) is 38.0 Å². The van der Waals surface area contributed by atoms with E-state index in [1.54, 1.807) is 18.4 Å². The molecule has 3 rings (SSSR count). The summed E-state index contributed by atoms with van der Waals surface area (Å²) >= 11 is 1.79. The number of hydrogen-bond donors (Lipinski definition) is 0. The summed E-state index contributed by atoms with van der Waals surface area (Å²) in [5, 5.41) is 1.24. The molecule has 3 nitrogen and oxygen atoms in total. The molecule has 2 aromatic carbocycles. The lowest BCUT2D eigenvalue weighted by Crippen LogP contribution is -2.33. The summed E-state index contributed by atoms with van der Waals surface area (Å²) in [7, 11) is 5.81. The zero-order chi connectivity index (χ0) is 18.5. The Morgan fingerprint density at radius 3 is 2.42 bits per heavy atom. The van der Waals surface area contributed by atoms with E-state index < -0.39 is 0 Å². The van der Waals surface area contributed by atoms with Gasteiger partial charge in [-0.05, 0) is 30.7 Å². The number of anilines is 1. The number of aryl methyl sites for hydroxylation is 1. The van der Waals surface area contributed by atoms with Crippen molar-refractivity contribution in [3.8, 4) is 5.75 Å². The zero-order valence-electron chi connectivity index (χ0n) is 15.8. The quantitative estimate of drug-likeness (QED) is 0.451. The van der Waals surface area contributed by atoms with Gasteiger partial charge in [0.25, 0.3) is 5.01 Å². The number of allylic oxidation sites excluding steroid dienone is 2. The minimum atomic E-state index is 0.901. The Hall–Kier alpha value is -2.59. The third-order valence-corrected chi connectivity index (χ3v) is 5.42. The highest BCUT2D eigenvalue weighted by atomic mass is 32.1. The van der Waals surface area contributed by atoms with Gasteiger partial charge in [0.1, 0.15) is 17.0 Å². The number of rotatable bonds is 6. The molecule has 0 aliphatic heterocycles. The third kappa shape index (κ3) is 3.97. The van der Waals surface area contributed by atoms with E-state index in [1.807, 2.05) is 6.07 Å². The fraction of sp³-hybridized carbons (Fsp3) is 0.227. The van der Waals surface area contributed by atoms with Crippen molar-refractivity contribution in [1.82, 2.24) is 0 Å². The van der Waals surface area contributed by atoms with Crippen LogP contribution in [-0.2, 0) is 6.54 Å². The van der Waals surface area contributed by atoms with Gasteiger partial charge in [-0.2, -0.15) is 4.57 Å². The van der Waals surface area contributed by atoms with Crippen LogP contribution in [0.2, 0.25) is 0 Å². The molecular formula is C22H25N2OS+.